The van der Waals surface area contributed by atoms with Crippen molar-refractivity contribution in [1.82, 2.24) is 4.90 Å². The highest BCUT2D eigenvalue weighted by atomic mass is 35.5. The van der Waals surface area contributed by atoms with E-state index in [-0.39, 0.29) is 30.1 Å². The molecule has 0 saturated carbocycles. The van der Waals surface area contributed by atoms with Crippen LogP contribution in [-0.2, 0) is 16.1 Å². The molecule has 2 amide bonds. The molecule has 0 aliphatic carbocycles. The number of rotatable bonds is 5. The summed E-state index contributed by atoms with van der Waals surface area (Å²) in [7, 11) is 0. The van der Waals surface area contributed by atoms with Gasteiger partial charge in [0.15, 0.2) is 0 Å². The van der Waals surface area contributed by atoms with Crippen LogP contribution in [0.3, 0.4) is 0 Å². The van der Waals surface area contributed by atoms with E-state index < -0.39 is 6.04 Å². The van der Waals surface area contributed by atoms with Crippen LogP contribution in [0.2, 0.25) is 0 Å². The van der Waals surface area contributed by atoms with Crippen LogP contribution < -0.4 is 16.8 Å². The Bertz CT molecular complexity index is 533. The smallest absolute Gasteiger partial charge is 0.240 e. The zero-order valence-corrected chi connectivity index (χ0v) is 14.1. The zero-order valence-electron chi connectivity index (χ0n) is 13.3. The number of benzene rings is 1. The summed E-state index contributed by atoms with van der Waals surface area (Å²) in [5, 5.41) is 2.76. The van der Waals surface area contributed by atoms with Crippen molar-refractivity contribution in [2.75, 3.05) is 18.4 Å². The van der Waals surface area contributed by atoms with Gasteiger partial charge in [-0.2, -0.15) is 0 Å². The minimum Gasteiger partial charge on any atom is -0.369 e. The van der Waals surface area contributed by atoms with Crippen molar-refractivity contribution in [3.8, 4) is 0 Å². The lowest BCUT2D eigenvalue weighted by atomic mass is 9.97. The van der Waals surface area contributed by atoms with E-state index in [2.05, 4.69) is 10.2 Å². The molecule has 6 nitrogen and oxygen atoms in total. The maximum atomic E-state index is 11.5. The Morgan fingerprint density at radius 2 is 2.00 bits per heavy atom. The molecule has 0 aromatic heterocycles. The fraction of sp³-hybridized carbons (Fsp3) is 0.500. The Morgan fingerprint density at radius 3 is 2.57 bits per heavy atom. The van der Waals surface area contributed by atoms with Gasteiger partial charge in [0, 0.05) is 18.8 Å². The number of hydrogen-bond donors (Lipinski definition) is 3. The van der Waals surface area contributed by atoms with Crippen LogP contribution in [0.1, 0.15) is 25.3 Å². The number of carbonyl (C=O) groups is 2. The second-order valence-electron chi connectivity index (χ2n) is 5.95. The van der Waals surface area contributed by atoms with E-state index in [1.165, 1.54) is 0 Å². The van der Waals surface area contributed by atoms with Crippen LogP contribution in [0.25, 0.3) is 0 Å². The molecule has 7 heteroatoms. The Morgan fingerprint density at radius 1 is 1.35 bits per heavy atom. The maximum absolute atomic E-state index is 11.5. The maximum Gasteiger partial charge on any atom is 0.240 e. The molecule has 2 atom stereocenters. The molecule has 1 aliphatic heterocycles. The fourth-order valence-corrected chi connectivity index (χ4v) is 2.64. The summed E-state index contributed by atoms with van der Waals surface area (Å²) in [6.45, 7) is 4.13. The van der Waals surface area contributed by atoms with E-state index in [1.54, 1.807) is 6.92 Å². The largest absolute Gasteiger partial charge is 0.369 e. The third kappa shape index (κ3) is 5.82. The van der Waals surface area contributed by atoms with Crippen LogP contribution in [0.15, 0.2) is 24.3 Å². The van der Waals surface area contributed by atoms with Gasteiger partial charge in [-0.25, -0.2) is 0 Å². The first-order valence-electron chi connectivity index (χ1n) is 7.63. The number of nitrogens with zero attached hydrogens (tertiary/aromatic N) is 1. The van der Waals surface area contributed by atoms with Crippen molar-refractivity contribution < 1.29 is 9.59 Å². The SMILES string of the molecule is CC(N)C(=O)Nc1ccc(CN2CCCC(C(N)=O)C2)cc1.Cl. The number of amides is 2. The number of piperidine rings is 1. The van der Waals surface area contributed by atoms with E-state index >= 15 is 0 Å². The number of nitrogens with two attached hydrogens (primary N) is 2. The van der Waals surface area contributed by atoms with E-state index in [1.807, 2.05) is 24.3 Å². The number of nitrogens with one attached hydrogen (secondary N) is 1. The van der Waals surface area contributed by atoms with Crippen LogP contribution >= 0.6 is 12.4 Å². The van der Waals surface area contributed by atoms with Crippen LogP contribution in [0.4, 0.5) is 5.69 Å². The monoisotopic (exact) mass is 340 g/mol. The molecule has 1 aromatic rings. The molecule has 2 rings (SSSR count). The van der Waals surface area contributed by atoms with Crippen LogP contribution in [0.5, 0.6) is 0 Å². The van der Waals surface area contributed by atoms with Crippen molar-refractivity contribution in [2.45, 2.75) is 32.4 Å². The van der Waals surface area contributed by atoms with Gasteiger partial charge < -0.3 is 16.8 Å². The number of hydrogen-bond acceptors (Lipinski definition) is 4. The third-order valence-electron chi connectivity index (χ3n) is 3.95. The van der Waals surface area contributed by atoms with Crippen LogP contribution in [0, 0.1) is 5.92 Å². The second-order valence-corrected chi connectivity index (χ2v) is 5.95. The summed E-state index contributed by atoms with van der Waals surface area (Å²) < 4.78 is 0. The van der Waals surface area contributed by atoms with E-state index in [0.29, 0.717) is 0 Å². The Labute approximate surface area is 143 Å². The summed E-state index contributed by atoms with van der Waals surface area (Å²) in [4.78, 5) is 25.1. The number of anilines is 1. The lowest BCUT2D eigenvalue weighted by molar-refractivity contribution is -0.123. The van der Waals surface area contributed by atoms with Crippen molar-refractivity contribution >= 4 is 29.9 Å². The molecular formula is C16H25ClN4O2. The van der Waals surface area contributed by atoms with Gasteiger partial charge in [-0.05, 0) is 44.0 Å². The highest BCUT2D eigenvalue weighted by molar-refractivity contribution is 5.94. The van der Waals surface area contributed by atoms with Gasteiger partial charge >= 0.3 is 0 Å². The molecule has 2 unspecified atom stereocenters. The van der Waals surface area contributed by atoms with E-state index in [9.17, 15) is 9.59 Å². The first kappa shape index (κ1) is 19.4. The average Bonchev–Trinajstić information content (AvgIpc) is 2.49. The lowest BCUT2D eigenvalue weighted by Gasteiger charge is -2.31. The Balaban J connectivity index is 0.00000264. The van der Waals surface area contributed by atoms with Crippen LogP contribution in [-0.4, -0.2) is 35.8 Å². The topological polar surface area (TPSA) is 101 Å². The molecule has 23 heavy (non-hydrogen) atoms. The standard InChI is InChI=1S/C16H24N4O2.ClH/c1-11(17)16(22)19-14-6-4-12(5-7-14)9-20-8-2-3-13(10-20)15(18)21;/h4-7,11,13H,2-3,8-10,17H2,1H3,(H2,18,21)(H,19,22);1H. The van der Waals surface area contributed by atoms with Gasteiger partial charge in [-0.1, -0.05) is 12.1 Å². The van der Waals surface area contributed by atoms with E-state index in [0.717, 1.165) is 43.7 Å². The predicted octanol–water partition coefficient (Wildman–Crippen LogP) is 1.09. The Hall–Kier alpha value is -1.63. The van der Waals surface area contributed by atoms with Crippen molar-refractivity contribution in [3.63, 3.8) is 0 Å². The summed E-state index contributed by atoms with van der Waals surface area (Å²) in [6.07, 6.45) is 1.88. The van der Waals surface area contributed by atoms with Gasteiger partial charge in [0.05, 0.1) is 12.0 Å². The first-order chi connectivity index (χ1) is 10.5. The minimum absolute atomic E-state index is 0. The quantitative estimate of drug-likeness (QED) is 0.746. The molecule has 1 heterocycles. The van der Waals surface area contributed by atoms with Crippen molar-refractivity contribution in [1.29, 1.82) is 0 Å². The van der Waals surface area contributed by atoms with Crippen molar-refractivity contribution in [3.05, 3.63) is 29.8 Å². The van der Waals surface area contributed by atoms with Gasteiger partial charge in [0.2, 0.25) is 11.8 Å². The highest BCUT2D eigenvalue weighted by Gasteiger charge is 2.23. The molecule has 128 valence electrons. The lowest BCUT2D eigenvalue weighted by Crippen LogP contribution is -2.40. The summed E-state index contributed by atoms with van der Waals surface area (Å²) >= 11 is 0. The van der Waals surface area contributed by atoms with Gasteiger partial charge in [0.25, 0.3) is 0 Å². The predicted molar refractivity (Wildman–Crippen MR) is 93.2 cm³/mol. The minimum atomic E-state index is -0.529. The zero-order chi connectivity index (χ0) is 16.1. The third-order valence-corrected chi connectivity index (χ3v) is 3.95. The summed E-state index contributed by atoms with van der Waals surface area (Å²) in [6, 6.07) is 7.16. The number of primary amides is 1. The van der Waals surface area contributed by atoms with Crippen molar-refractivity contribution in [2.24, 2.45) is 17.4 Å². The molecule has 5 N–H and O–H groups in total. The molecule has 0 bridgehead atoms. The molecule has 1 aliphatic rings. The highest BCUT2D eigenvalue weighted by Crippen LogP contribution is 2.19. The molecular weight excluding hydrogens is 316 g/mol. The Kier molecular flexibility index (Phi) is 7.48. The molecule has 0 spiro atoms. The summed E-state index contributed by atoms with van der Waals surface area (Å²) in [5.74, 6) is -0.454. The number of likely N-dealkylation sites (tertiary alicyclic amines) is 1. The fourth-order valence-electron chi connectivity index (χ4n) is 2.64. The van der Waals surface area contributed by atoms with Gasteiger partial charge in [-0.15, -0.1) is 12.4 Å². The molecule has 1 saturated heterocycles. The summed E-state index contributed by atoms with van der Waals surface area (Å²) in [5.41, 5.74) is 12.8. The number of halogens is 1. The normalized spacial score (nSPS) is 19.5. The second kappa shape index (κ2) is 8.86. The first-order valence-corrected chi connectivity index (χ1v) is 7.63. The average molecular weight is 341 g/mol. The van der Waals surface area contributed by atoms with Gasteiger partial charge in [-0.3, -0.25) is 14.5 Å². The van der Waals surface area contributed by atoms with Gasteiger partial charge in [0.1, 0.15) is 0 Å². The number of carbonyl (C=O) groups excluding carboxylic acids is 2. The van der Waals surface area contributed by atoms with E-state index in [4.69, 9.17) is 11.5 Å². The molecule has 0 radical (unpaired) electrons. The molecule has 1 fully saturated rings. The molecule has 1 aromatic carbocycles.